The van der Waals surface area contributed by atoms with Crippen molar-refractivity contribution in [3.63, 3.8) is 0 Å². The Balaban J connectivity index is 1.41. The summed E-state index contributed by atoms with van der Waals surface area (Å²) in [6.45, 7) is 0.0881. The third kappa shape index (κ3) is 2.65. The third-order valence-corrected chi connectivity index (χ3v) is 7.33. The molecule has 0 saturated carbocycles. The number of hydrogen-bond donors (Lipinski definition) is 0. The van der Waals surface area contributed by atoms with Crippen molar-refractivity contribution < 1.29 is 4.74 Å². The molecule has 0 saturated heterocycles. The number of rotatable bonds is 2. The maximum Gasteiger partial charge on any atom is 0.256 e. The molecule has 0 N–H and O–H groups in total. The van der Waals surface area contributed by atoms with Gasteiger partial charge in [-0.3, -0.25) is 4.57 Å². The minimum Gasteiger partial charge on any atom is -0.458 e. The lowest BCUT2D eigenvalue weighted by Crippen LogP contribution is -2.58. The topological polar surface area (TPSA) is 27.1 Å². The normalized spacial score (nSPS) is 12.7. The molecule has 0 atom stereocenters. The molecule has 2 aliphatic rings. The number of fused-ring (bicyclic) bond motifs is 4. The van der Waals surface area contributed by atoms with Crippen LogP contribution < -0.4 is 21.1 Å². The van der Waals surface area contributed by atoms with Crippen LogP contribution >= 0.6 is 0 Å². The summed E-state index contributed by atoms with van der Waals surface area (Å²) in [4.78, 5) is 4.83. The first-order valence-corrected chi connectivity index (χ1v) is 11.9. The molecule has 6 aromatic rings. The SMILES string of the molecule is c1ccc(-c2ccc3c(c2)Oc2cccc4c2B3c2cc(-c3ccccc3)cc3ncn-4c23)cc1. The number of nitrogens with zero attached hydrogens (tertiary/aromatic N) is 2. The van der Waals surface area contributed by atoms with Crippen LogP contribution in [0.4, 0.5) is 0 Å². The van der Waals surface area contributed by atoms with Gasteiger partial charge in [0.05, 0.1) is 11.0 Å². The van der Waals surface area contributed by atoms with E-state index in [4.69, 9.17) is 9.72 Å². The lowest BCUT2D eigenvalue weighted by Gasteiger charge is -2.33. The van der Waals surface area contributed by atoms with Gasteiger partial charge in [0.1, 0.15) is 17.8 Å². The van der Waals surface area contributed by atoms with E-state index in [-0.39, 0.29) is 6.71 Å². The molecule has 35 heavy (non-hydrogen) atoms. The van der Waals surface area contributed by atoms with E-state index in [1.54, 1.807) is 0 Å². The van der Waals surface area contributed by atoms with Crippen LogP contribution in [0, 0.1) is 0 Å². The van der Waals surface area contributed by atoms with E-state index in [0.717, 1.165) is 28.3 Å². The number of imidazole rings is 1. The van der Waals surface area contributed by atoms with E-state index in [1.807, 2.05) is 12.4 Å². The summed E-state index contributed by atoms with van der Waals surface area (Å²) < 4.78 is 8.78. The molecule has 0 fully saturated rings. The molecule has 0 radical (unpaired) electrons. The Labute approximate surface area is 203 Å². The Kier molecular flexibility index (Phi) is 3.75. The molecule has 0 spiro atoms. The molecule has 3 nitrogen and oxygen atoms in total. The van der Waals surface area contributed by atoms with Crippen LogP contribution in [0.5, 0.6) is 11.5 Å². The van der Waals surface area contributed by atoms with E-state index in [1.165, 1.54) is 38.6 Å². The van der Waals surface area contributed by atoms with Crippen molar-refractivity contribution in [2.45, 2.75) is 0 Å². The van der Waals surface area contributed by atoms with E-state index in [0.29, 0.717) is 0 Å². The van der Waals surface area contributed by atoms with Crippen LogP contribution in [0.25, 0.3) is 39.0 Å². The second-order valence-corrected chi connectivity index (χ2v) is 9.26. The first kappa shape index (κ1) is 18.8. The van der Waals surface area contributed by atoms with Gasteiger partial charge in [0.25, 0.3) is 6.71 Å². The lowest BCUT2D eigenvalue weighted by atomic mass is 9.34. The van der Waals surface area contributed by atoms with E-state index in [9.17, 15) is 0 Å². The highest BCUT2D eigenvalue weighted by molar-refractivity contribution is 6.99. The molecule has 0 aliphatic carbocycles. The number of aromatic nitrogens is 2. The second kappa shape index (κ2) is 6.97. The highest BCUT2D eigenvalue weighted by Crippen LogP contribution is 2.34. The number of benzene rings is 5. The van der Waals surface area contributed by atoms with E-state index < -0.39 is 0 Å². The molecule has 0 amide bonds. The summed E-state index contributed by atoms with van der Waals surface area (Å²) in [5, 5.41) is 0. The van der Waals surface area contributed by atoms with Crippen LogP contribution in [-0.2, 0) is 0 Å². The van der Waals surface area contributed by atoms with Gasteiger partial charge in [-0.2, -0.15) is 0 Å². The smallest absolute Gasteiger partial charge is 0.256 e. The van der Waals surface area contributed by atoms with Crippen molar-refractivity contribution in [2.24, 2.45) is 0 Å². The molecule has 162 valence electrons. The Bertz CT molecular complexity index is 1770. The highest BCUT2D eigenvalue weighted by atomic mass is 16.5. The first-order chi connectivity index (χ1) is 17.3. The lowest BCUT2D eigenvalue weighted by molar-refractivity contribution is 0.487. The van der Waals surface area contributed by atoms with Crippen LogP contribution in [0.1, 0.15) is 0 Å². The van der Waals surface area contributed by atoms with Crippen molar-refractivity contribution in [3.8, 4) is 39.4 Å². The molecular weight excluding hydrogens is 427 g/mol. The van der Waals surface area contributed by atoms with Gasteiger partial charge < -0.3 is 4.74 Å². The summed E-state index contributed by atoms with van der Waals surface area (Å²) in [7, 11) is 0. The van der Waals surface area contributed by atoms with Crippen molar-refractivity contribution in [2.75, 3.05) is 0 Å². The zero-order valence-corrected chi connectivity index (χ0v) is 18.8. The molecular formula is C31H19BN2O. The van der Waals surface area contributed by atoms with Crippen LogP contribution in [0.2, 0.25) is 0 Å². The van der Waals surface area contributed by atoms with Crippen LogP contribution in [0.3, 0.4) is 0 Å². The van der Waals surface area contributed by atoms with Gasteiger partial charge in [0.15, 0.2) is 0 Å². The van der Waals surface area contributed by atoms with Crippen molar-refractivity contribution in [3.05, 3.63) is 116 Å². The van der Waals surface area contributed by atoms with Gasteiger partial charge >= 0.3 is 0 Å². The fourth-order valence-electron chi connectivity index (χ4n) is 5.77. The Morgan fingerprint density at radius 1 is 0.600 bits per heavy atom. The Hall–Kier alpha value is -4.57. The number of ether oxygens (including phenoxy) is 1. The van der Waals surface area contributed by atoms with Crippen LogP contribution in [-0.4, -0.2) is 16.3 Å². The van der Waals surface area contributed by atoms with Gasteiger partial charge in [-0.25, -0.2) is 4.98 Å². The largest absolute Gasteiger partial charge is 0.458 e. The molecule has 4 heteroatoms. The first-order valence-electron chi connectivity index (χ1n) is 11.9. The van der Waals surface area contributed by atoms with Crippen molar-refractivity contribution >= 4 is 34.1 Å². The maximum absolute atomic E-state index is 6.55. The molecule has 0 bridgehead atoms. The fourth-order valence-corrected chi connectivity index (χ4v) is 5.77. The quantitative estimate of drug-likeness (QED) is 0.337. The monoisotopic (exact) mass is 446 g/mol. The molecule has 0 unspecified atom stereocenters. The van der Waals surface area contributed by atoms with Gasteiger partial charge in [-0.05, 0) is 62.9 Å². The molecule has 2 aliphatic heterocycles. The summed E-state index contributed by atoms with van der Waals surface area (Å²) in [6.07, 6.45) is 1.95. The number of hydrogen-bond acceptors (Lipinski definition) is 2. The summed E-state index contributed by atoms with van der Waals surface area (Å²) in [5.74, 6) is 1.84. The minimum atomic E-state index is 0.0881. The third-order valence-electron chi connectivity index (χ3n) is 7.33. The van der Waals surface area contributed by atoms with E-state index in [2.05, 4.69) is 108 Å². The van der Waals surface area contributed by atoms with E-state index >= 15 is 0 Å². The predicted molar refractivity (Wildman–Crippen MR) is 143 cm³/mol. The average Bonchev–Trinajstić information content (AvgIpc) is 3.36. The van der Waals surface area contributed by atoms with Crippen molar-refractivity contribution in [1.29, 1.82) is 0 Å². The zero-order valence-electron chi connectivity index (χ0n) is 18.8. The summed E-state index contributed by atoms with van der Waals surface area (Å²) >= 11 is 0. The minimum absolute atomic E-state index is 0.0881. The highest BCUT2D eigenvalue weighted by Gasteiger charge is 2.40. The maximum atomic E-state index is 6.55. The molecule has 5 aromatic carbocycles. The Morgan fingerprint density at radius 2 is 1.37 bits per heavy atom. The van der Waals surface area contributed by atoms with Gasteiger partial charge in [-0.15, -0.1) is 0 Å². The van der Waals surface area contributed by atoms with Crippen molar-refractivity contribution in [1.82, 2.24) is 9.55 Å². The fraction of sp³-hybridized carbons (Fsp3) is 0. The second-order valence-electron chi connectivity index (χ2n) is 9.26. The zero-order chi connectivity index (χ0) is 22.9. The van der Waals surface area contributed by atoms with Gasteiger partial charge in [-0.1, -0.05) is 84.9 Å². The van der Waals surface area contributed by atoms with Gasteiger partial charge in [0.2, 0.25) is 0 Å². The molecule has 3 heterocycles. The summed E-state index contributed by atoms with van der Waals surface area (Å²) in [6, 6.07) is 38.6. The van der Waals surface area contributed by atoms with Gasteiger partial charge in [0, 0.05) is 5.69 Å². The standard InChI is InChI=1S/C31H19BN2O/c1-3-8-20(9-4-1)22-14-15-24-29(18-22)35-28-13-7-12-27-30(28)32(24)25-16-23(21-10-5-2-6-11-21)17-26-31(25)34(27)19-33-26/h1-19H. The Morgan fingerprint density at radius 3 is 2.17 bits per heavy atom. The average molecular weight is 446 g/mol. The molecule has 1 aromatic heterocycles. The van der Waals surface area contributed by atoms with Crippen LogP contribution in [0.15, 0.2) is 116 Å². The summed E-state index contributed by atoms with van der Waals surface area (Å²) in [5.41, 5.74) is 11.8. The predicted octanol–water partition coefficient (Wildman–Crippen LogP) is 5.29. The molecule has 8 rings (SSSR count).